The molecule has 5 nitrogen and oxygen atoms in total. The van der Waals surface area contributed by atoms with Gasteiger partial charge in [0.05, 0.1) is 11.4 Å². The summed E-state index contributed by atoms with van der Waals surface area (Å²) in [4.78, 5) is 16.1. The number of carbonyl (C=O) groups is 1. The van der Waals surface area contributed by atoms with Gasteiger partial charge in [0.2, 0.25) is 5.91 Å². The van der Waals surface area contributed by atoms with E-state index in [1.807, 2.05) is 41.2 Å². The van der Waals surface area contributed by atoms with Crippen LogP contribution in [0, 0.1) is 0 Å². The molecule has 1 amide bonds. The van der Waals surface area contributed by atoms with Crippen LogP contribution in [0.25, 0.3) is 16.6 Å². The minimum atomic E-state index is -0.0260. The molecular weight excluding hydrogens is 404 g/mol. The largest absolute Gasteiger partial charge is 0.350 e. The molecule has 162 valence electrons. The molecule has 4 rings (SSSR count). The zero-order valence-corrected chi connectivity index (χ0v) is 18.9. The number of rotatable bonds is 8. The maximum absolute atomic E-state index is 12.6. The van der Waals surface area contributed by atoms with Crippen molar-refractivity contribution in [2.24, 2.45) is 0 Å². The monoisotopic (exact) mass is 434 g/mol. The Kier molecular flexibility index (Phi) is 7.33. The van der Waals surface area contributed by atoms with Gasteiger partial charge in [-0.3, -0.25) is 9.48 Å². The Balaban J connectivity index is 1.43. The summed E-state index contributed by atoms with van der Waals surface area (Å²) in [6, 6.07) is 14.7. The number of amides is 1. The molecule has 1 aliphatic rings. The van der Waals surface area contributed by atoms with Crippen LogP contribution in [-0.4, -0.2) is 46.3 Å². The highest BCUT2D eigenvalue weighted by atomic mass is 32.1. The third-order valence-electron chi connectivity index (χ3n) is 5.62. The molecule has 0 bridgehead atoms. The van der Waals surface area contributed by atoms with E-state index in [2.05, 4.69) is 40.7 Å². The van der Waals surface area contributed by atoms with Crippen LogP contribution in [0.15, 0.2) is 60.1 Å². The van der Waals surface area contributed by atoms with Crippen molar-refractivity contribution in [3.05, 3.63) is 71.2 Å². The molecule has 0 spiro atoms. The highest BCUT2D eigenvalue weighted by Gasteiger charge is 2.19. The third-order valence-corrected chi connectivity index (χ3v) is 6.50. The summed E-state index contributed by atoms with van der Waals surface area (Å²) in [6.45, 7) is 6.20. The molecule has 6 heteroatoms. The van der Waals surface area contributed by atoms with E-state index in [1.165, 1.54) is 12.0 Å². The number of piperidine rings is 1. The zero-order chi connectivity index (χ0) is 21.5. The van der Waals surface area contributed by atoms with Gasteiger partial charge in [-0.05, 0) is 48.9 Å². The summed E-state index contributed by atoms with van der Waals surface area (Å²) < 4.78 is 1.95. The Morgan fingerprint density at radius 1 is 1.19 bits per heavy atom. The van der Waals surface area contributed by atoms with Crippen molar-refractivity contribution in [1.29, 1.82) is 0 Å². The van der Waals surface area contributed by atoms with Gasteiger partial charge in [-0.2, -0.15) is 5.10 Å². The quantitative estimate of drug-likeness (QED) is 0.525. The molecule has 1 N–H and O–H groups in total. The van der Waals surface area contributed by atoms with Gasteiger partial charge in [0.15, 0.2) is 0 Å². The fourth-order valence-corrected chi connectivity index (χ4v) is 4.78. The number of thiophene rings is 1. The second-order valence-electron chi connectivity index (χ2n) is 8.05. The number of likely N-dealkylation sites (tertiary alicyclic amines) is 1. The van der Waals surface area contributed by atoms with Crippen LogP contribution in [-0.2, 0) is 11.3 Å². The molecule has 2 aromatic heterocycles. The van der Waals surface area contributed by atoms with E-state index < -0.39 is 0 Å². The van der Waals surface area contributed by atoms with Gasteiger partial charge < -0.3 is 10.2 Å². The number of carbonyl (C=O) groups excluding carboxylic acids is 1. The number of aromatic nitrogens is 2. The van der Waals surface area contributed by atoms with Gasteiger partial charge in [-0.25, -0.2) is 0 Å². The molecular formula is C25H30N4OS. The lowest BCUT2D eigenvalue weighted by Gasteiger charge is -2.31. The van der Waals surface area contributed by atoms with E-state index in [1.54, 1.807) is 17.4 Å². The summed E-state index contributed by atoms with van der Waals surface area (Å²) in [5, 5.41) is 10.0. The lowest BCUT2D eigenvalue weighted by molar-refractivity contribution is -0.117. The summed E-state index contributed by atoms with van der Waals surface area (Å²) in [6.07, 6.45) is 8.80. The van der Waals surface area contributed by atoms with Crippen molar-refractivity contribution < 1.29 is 4.79 Å². The van der Waals surface area contributed by atoms with Crippen molar-refractivity contribution in [3.63, 3.8) is 0 Å². The summed E-state index contributed by atoms with van der Waals surface area (Å²) in [5.74, 6) is -0.0260. The van der Waals surface area contributed by atoms with Gasteiger partial charge in [-0.1, -0.05) is 43.3 Å². The second kappa shape index (κ2) is 10.6. The molecule has 0 radical (unpaired) electrons. The van der Waals surface area contributed by atoms with Crippen LogP contribution in [0.2, 0.25) is 0 Å². The molecule has 31 heavy (non-hydrogen) atoms. The number of nitrogens with one attached hydrogen (secondary N) is 1. The topological polar surface area (TPSA) is 50.2 Å². The molecule has 1 saturated heterocycles. The smallest absolute Gasteiger partial charge is 0.244 e. The maximum Gasteiger partial charge on any atom is 0.244 e. The first-order chi connectivity index (χ1) is 15.2. The van der Waals surface area contributed by atoms with Crippen molar-refractivity contribution >= 4 is 23.3 Å². The highest BCUT2D eigenvalue weighted by molar-refractivity contribution is 7.13. The standard InChI is InChI=1S/C25H30N4OS/c1-2-14-28-15-12-22(13-16-28)26-24(30)11-10-21-19-29(18-20-7-4-3-5-8-20)27-25(21)23-9-6-17-31-23/h3-11,17,19,22H,2,12-16,18H2,1H3,(H,26,30)/b11-10+. The molecule has 0 atom stereocenters. The number of nitrogens with zero attached hydrogens (tertiary/aromatic N) is 3. The first-order valence-corrected chi connectivity index (χ1v) is 12.0. The lowest BCUT2D eigenvalue weighted by Crippen LogP contribution is -2.44. The summed E-state index contributed by atoms with van der Waals surface area (Å²) in [7, 11) is 0. The van der Waals surface area contributed by atoms with E-state index in [-0.39, 0.29) is 11.9 Å². The first-order valence-electron chi connectivity index (χ1n) is 11.1. The van der Waals surface area contributed by atoms with E-state index in [0.717, 1.165) is 48.6 Å². The third kappa shape index (κ3) is 5.93. The van der Waals surface area contributed by atoms with Gasteiger partial charge in [0.25, 0.3) is 0 Å². The van der Waals surface area contributed by atoms with Gasteiger partial charge in [0.1, 0.15) is 5.69 Å². The first kappa shape index (κ1) is 21.5. The molecule has 3 aromatic rings. The van der Waals surface area contributed by atoms with Crippen LogP contribution in [0.3, 0.4) is 0 Å². The molecule has 3 heterocycles. The maximum atomic E-state index is 12.6. The fraction of sp³-hybridized carbons (Fsp3) is 0.360. The predicted octanol–water partition coefficient (Wildman–Crippen LogP) is 4.66. The van der Waals surface area contributed by atoms with Crippen LogP contribution < -0.4 is 5.32 Å². The van der Waals surface area contributed by atoms with E-state index in [4.69, 9.17) is 5.10 Å². The Hall–Kier alpha value is -2.70. The van der Waals surface area contributed by atoms with Crippen LogP contribution in [0.1, 0.15) is 37.3 Å². The molecule has 0 saturated carbocycles. The Morgan fingerprint density at radius 3 is 2.71 bits per heavy atom. The Labute approximate surface area is 188 Å². The second-order valence-corrected chi connectivity index (χ2v) is 9.00. The molecule has 1 aromatic carbocycles. The average Bonchev–Trinajstić information content (AvgIpc) is 3.44. The predicted molar refractivity (Wildman–Crippen MR) is 128 cm³/mol. The fourth-order valence-electron chi connectivity index (χ4n) is 4.05. The van der Waals surface area contributed by atoms with Crippen molar-refractivity contribution in [3.8, 4) is 10.6 Å². The Morgan fingerprint density at radius 2 is 2.00 bits per heavy atom. The van der Waals surface area contributed by atoms with Crippen molar-refractivity contribution in [2.45, 2.75) is 38.8 Å². The lowest BCUT2D eigenvalue weighted by atomic mass is 10.0. The number of hydrogen-bond acceptors (Lipinski definition) is 4. The minimum absolute atomic E-state index is 0.0260. The minimum Gasteiger partial charge on any atom is -0.350 e. The van der Waals surface area contributed by atoms with E-state index in [9.17, 15) is 4.79 Å². The summed E-state index contributed by atoms with van der Waals surface area (Å²) >= 11 is 1.66. The molecule has 0 aliphatic carbocycles. The molecule has 0 unspecified atom stereocenters. The number of hydrogen-bond donors (Lipinski definition) is 1. The average molecular weight is 435 g/mol. The SMILES string of the molecule is CCCN1CCC(NC(=O)/C=C/c2cn(Cc3ccccc3)nc2-c2cccs2)CC1. The molecule has 1 fully saturated rings. The van der Waals surface area contributed by atoms with E-state index >= 15 is 0 Å². The van der Waals surface area contributed by atoms with Gasteiger partial charge >= 0.3 is 0 Å². The van der Waals surface area contributed by atoms with Crippen LogP contribution in [0.5, 0.6) is 0 Å². The normalized spacial score (nSPS) is 15.5. The van der Waals surface area contributed by atoms with Crippen molar-refractivity contribution in [1.82, 2.24) is 20.0 Å². The van der Waals surface area contributed by atoms with Crippen LogP contribution >= 0.6 is 11.3 Å². The van der Waals surface area contributed by atoms with Crippen LogP contribution in [0.4, 0.5) is 0 Å². The van der Waals surface area contributed by atoms with Crippen molar-refractivity contribution in [2.75, 3.05) is 19.6 Å². The van der Waals surface area contributed by atoms with Gasteiger partial charge in [0, 0.05) is 37.0 Å². The number of benzene rings is 1. The highest BCUT2D eigenvalue weighted by Crippen LogP contribution is 2.27. The molecule has 1 aliphatic heterocycles. The van der Waals surface area contributed by atoms with E-state index in [0.29, 0.717) is 6.54 Å². The zero-order valence-electron chi connectivity index (χ0n) is 18.0. The van der Waals surface area contributed by atoms with Gasteiger partial charge in [-0.15, -0.1) is 11.3 Å². The summed E-state index contributed by atoms with van der Waals surface area (Å²) in [5.41, 5.74) is 3.08. The Bertz CT molecular complexity index is 986.